The fourth-order valence-corrected chi connectivity index (χ4v) is 4.54. The van der Waals surface area contributed by atoms with E-state index in [1.165, 1.54) is 26.5 Å². The summed E-state index contributed by atoms with van der Waals surface area (Å²) < 4.78 is 0. The van der Waals surface area contributed by atoms with Crippen LogP contribution < -0.4 is 0 Å². The lowest BCUT2D eigenvalue weighted by atomic mass is 9.90. The molecule has 0 fully saturated rings. The van der Waals surface area contributed by atoms with Crippen LogP contribution in [0, 0.1) is 11.8 Å². The number of Topliss-reactive ketones (excluding diaryl/α,β-unsaturated/α-hetero) is 1. The van der Waals surface area contributed by atoms with E-state index in [0.717, 1.165) is 12.1 Å². The summed E-state index contributed by atoms with van der Waals surface area (Å²) >= 11 is 1.79. The van der Waals surface area contributed by atoms with Crippen molar-refractivity contribution in [2.75, 3.05) is 20.6 Å². The minimum absolute atomic E-state index is 0.0108. The smallest absolute Gasteiger partial charge is 0.165 e. The highest BCUT2D eigenvalue weighted by Crippen LogP contribution is 2.46. The van der Waals surface area contributed by atoms with Gasteiger partial charge in [0.15, 0.2) is 5.78 Å². The maximum atomic E-state index is 12.5. The van der Waals surface area contributed by atoms with Gasteiger partial charge in [-0.3, -0.25) is 4.79 Å². The summed E-state index contributed by atoms with van der Waals surface area (Å²) in [4.78, 5) is 17.2. The summed E-state index contributed by atoms with van der Waals surface area (Å²) in [5.41, 5.74) is 4.52. The Morgan fingerprint density at radius 3 is 2.42 bits per heavy atom. The number of nitrogens with zero attached hydrogens (tertiary/aromatic N) is 1. The van der Waals surface area contributed by atoms with E-state index in [9.17, 15) is 4.79 Å². The third kappa shape index (κ3) is 3.94. The molecule has 2 aromatic carbocycles. The molecule has 1 unspecified atom stereocenters. The third-order valence-corrected chi connectivity index (χ3v) is 5.73. The molecule has 2 aromatic rings. The van der Waals surface area contributed by atoms with Crippen molar-refractivity contribution in [3.05, 3.63) is 65.2 Å². The van der Waals surface area contributed by atoms with Gasteiger partial charge in [-0.05, 0) is 54.9 Å². The molecule has 1 aliphatic rings. The van der Waals surface area contributed by atoms with E-state index in [1.54, 1.807) is 11.8 Å². The minimum Gasteiger partial charge on any atom is -0.309 e. The van der Waals surface area contributed by atoms with Gasteiger partial charge in [-0.25, -0.2) is 0 Å². The van der Waals surface area contributed by atoms with Crippen LogP contribution in [0.5, 0.6) is 0 Å². The van der Waals surface area contributed by atoms with Crippen molar-refractivity contribution < 1.29 is 4.79 Å². The molecule has 136 valence electrons. The van der Waals surface area contributed by atoms with Gasteiger partial charge in [0.05, 0.1) is 0 Å². The molecule has 3 rings (SSSR count). The van der Waals surface area contributed by atoms with Crippen molar-refractivity contribution in [1.29, 1.82) is 0 Å². The first-order chi connectivity index (χ1) is 12.4. The number of hydrogen-bond acceptors (Lipinski definition) is 3. The molecule has 0 amide bonds. The van der Waals surface area contributed by atoms with Crippen molar-refractivity contribution in [2.24, 2.45) is 11.8 Å². The first-order valence-corrected chi connectivity index (χ1v) is 10.0. The SMILES string of the molecule is CC(/C=C1/c2ccccc2Sc2ccc(C(=O)C(C)C)cc21)CN(C)C. The van der Waals surface area contributed by atoms with Crippen LogP contribution in [0.2, 0.25) is 0 Å². The van der Waals surface area contributed by atoms with E-state index in [1.807, 2.05) is 19.9 Å². The second-order valence-electron chi connectivity index (χ2n) is 7.65. The summed E-state index contributed by atoms with van der Waals surface area (Å²) in [6, 6.07) is 14.7. The maximum absolute atomic E-state index is 12.5. The van der Waals surface area contributed by atoms with Gasteiger partial charge in [0.25, 0.3) is 0 Å². The Morgan fingerprint density at radius 1 is 1.04 bits per heavy atom. The standard InChI is InChI=1S/C23H27NOS/c1-15(2)23(25)17-10-11-22-20(13-17)19(12-16(3)14-24(4)5)18-8-6-7-9-21(18)26-22/h6-13,15-16H,14H2,1-5H3/b19-12-. The summed E-state index contributed by atoms with van der Waals surface area (Å²) in [5, 5.41) is 0. The Balaban J connectivity index is 2.12. The molecular formula is C23H27NOS. The van der Waals surface area contributed by atoms with Gasteiger partial charge in [0, 0.05) is 27.8 Å². The maximum Gasteiger partial charge on any atom is 0.165 e. The van der Waals surface area contributed by atoms with E-state index in [4.69, 9.17) is 0 Å². The van der Waals surface area contributed by atoms with Crippen LogP contribution in [-0.2, 0) is 0 Å². The lowest BCUT2D eigenvalue weighted by Crippen LogP contribution is -2.19. The van der Waals surface area contributed by atoms with E-state index < -0.39 is 0 Å². The number of carbonyl (C=O) groups excluding carboxylic acids is 1. The molecule has 2 nitrogen and oxygen atoms in total. The first-order valence-electron chi connectivity index (χ1n) is 9.19. The van der Waals surface area contributed by atoms with E-state index in [0.29, 0.717) is 5.92 Å². The molecule has 0 aliphatic carbocycles. The largest absolute Gasteiger partial charge is 0.309 e. The fraction of sp³-hybridized carbons (Fsp3) is 0.348. The van der Waals surface area contributed by atoms with Gasteiger partial charge in [0.2, 0.25) is 0 Å². The summed E-state index contributed by atoms with van der Waals surface area (Å²) in [5.74, 6) is 0.641. The molecule has 0 bridgehead atoms. The number of ketones is 1. The van der Waals surface area contributed by atoms with Crippen LogP contribution >= 0.6 is 11.8 Å². The topological polar surface area (TPSA) is 20.3 Å². The van der Waals surface area contributed by atoms with Crippen LogP contribution in [0.3, 0.4) is 0 Å². The predicted molar refractivity (Wildman–Crippen MR) is 111 cm³/mol. The zero-order valence-corrected chi connectivity index (χ0v) is 17.1. The summed E-state index contributed by atoms with van der Waals surface area (Å²) in [7, 11) is 4.21. The molecule has 0 saturated heterocycles. The summed E-state index contributed by atoms with van der Waals surface area (Å²) in [6.45, 7) is 7.17. The quantitative estimate of drug-likeness (QED) is 0.547. The molecule has 1 aliphatic heterocycles. The van der Waals surface area contributed by atoms with E-state index in [-0.39, 0.29) is 11.7 Å². The van der Waals surface area contributed by atoms with E-state index >= 15 is 0 Å². The van der Waals surface area contributed by atoms with Gasteiger partial charge >= 0.3 is 0 Å². The van der Waals surface area contributed by atoms with Gasteiger partial charge in [0.1, 0.15) is 0 Å². The fourth-order valence-electron chi connectivity index (χ4n) is 3.45. The molecule has 0 aromatic heterocycles. The normalized spacial score (nSPS) is 15.9. The molecule has 1 heterocycles. The number of carbonyl (C=O) groups is 1. The van der Waals surface area contributed by atoms with Crippen LogP contribution in [-0.4, -0.2) is 31.3 Å². The zero-order valence-electron chi connectivity index (χ0n) is 16.2. The lowest BCUT2D eigenvalue weighted by Gasteiger charge is -2.24. The highest BCUT2D eigenvalue weighted by molar-refractivity contribution is 7.99. The average molecular weight is 366 g/mol. The molecule has 1 atom stereocenters. The first kappa shape index (κ1) is 18.9. The van der Waals surface area contributed by atoms with Crippen LogP contribution in [0.25, 0.3) is 5.57 Å². The summed E-state index contributed by atoms with van der Waals surface area (Å²) in [6.07, 6.45) is 2.36. The Bertz CT molecular complexity index is 851. The molecule has 26 heavy (non-hydrogen) atoms. The Morgan fingerprint density at radius 2 is 1.73 bits per heavy atom. The van der Waals surface area contributed by atoms with Crippen LogP contribution in [0.15, 0.2) is 58.3 Å². The molecule has 0 spiro atoms. The van der Waals surface area contributed by atoms with E-state index in [2.05, 4.69) is 68.4 Å². The van der Waals surface area contributed by atoms with Gasteiger partial charge < -0.3 is 4.90 Å². The highest BCUT2D eigenvalue weighted by atomic mass is 32.2. The van der Waals surface area contributed by atoms with Crippen molar-refractivity contribution in [2.45, 2.75) is 30.6 Å². The van der Waals surface area contributed by atoms with Crippen LogP contribution in [0.4, 0.5) is 0 Å². The predicted octanol–water partition coefficient (Wildman–Crippen LogP) is 5.62. The molecular weight excluding hydrogens is 338 g/mol. The number of fused-ring (bicyclic) bond motifs is 2. The highest BCUT2D eigenvalue weighted by Gasteiger charge is 2.23. The Labute approximate surface area is 161 Å². The van der Waals surface area contributed by atoms with Crippen molar-refractivity contribution in [3.63, 3.8) is 0 Å². The second-order valence-corrected chi connectivity index (χ2v) is 8.73. The van der Waals surface area contributed by atoms with Gasteiger partial charge in [-0.1, -0.05) is 62.9 Å². The van der Waals surface area contributed by atoms with Crippen LogP contribution in [0.1, 0.15) is 42.3 Å². The molecule has 0 N–H and O–H groups in total. The second kappa shape index (κ2) is 7.81. The van der Waals surface area contributed by atoms with Gasteiger partial charge in [-0.15, -0.1) is 0 Å². The van der Waals surface area contributed by atoms with Crippen molar-refractivity contribution >= 4 is 23.1 Å². The monoisotopic (exact) mass is 365 g/mol. The molecule has 0 saturated carbocycles. The number of rotatable bonds is 5. The number of hydrogen-bond donors (Lipinski definition) is 0. The molecule has 0 radical (unpaired) electrons. The van der Waals surface area contributed by atoms with Gasteiger partial charge in [-0.2, -0.15) is 0 Å². The molecule has 3 heteroatoms. The lowest BCUT2D eigenvalue weighted by molar-refractivity contribution is 0.0939. The van der Waals surface area contributed by atoms with Crippen molar-refractivity contribution in [1.82, 2.24) is 4.90 Å². The average Bonchev–Trinajstić information content (AvgIpc) is 2.59. The number of benzene rings is 2. The zero-order chi connectivity index (χ0) is 18.8. The Hall–Kier alpha value is -1.84. The van der Waals surface area contributed by atoms with Crippen molar-refractivity contribution in [3.8, 4) is 0 Å². The third-order valence-electron chi connectivity index (χ3n) is 4.58. The minimum atomic E-state index is 0.0108. The Kier molecular flexibility index (Phi) is 5.69.